The molecule has 2 amide bonds. The molecule has 2 aromatic carbocycles. The first-order chi connectivity index (χ1) is 28.7. The van der Waals surface area contributed by atoms with Gasteiger partial charge < -0.3 is 39.1 Å². The average molecular weight is 847 g/mol. The molecule has 2 aliphatic rings. The maximum atomic E-state index is 13.0. The second kappa shape index (κ2) is 22.7. The number of hydrogen-bond donors (Lipinski definition) is 2. The molecule has 0 heterocycles. The van der Waals surface area contributed by atoms with Crippen LogP contribution < -0.4 is 20.1 Å². The highest BCUT2D eigenvalue weighted by Gasteiger charge is 2.30. The SMILES string of the molecule is C=C(C)C(=O)OCC(COc1ccc(C(C)(C)C)cc1)OC(=O)NC1CCC(CC2CCC(NC(=O)OC(COC(=O)C(=C)C)COc3ccc(C(C)(C)C)cc3)CC2)CC1. The second-order valence-corrected chi connectivity index (χ2v) is 18.9. The largest absolute Gasteiger partial charge is 0.490 e. The van der Waals surface area contributed by atoms with Crippen LogP contribution in [0.4, 0.5) is 9.59 Å². The van der Waals surface area contributed by atoms with Gasteiger partial charge in [-0.2, -0.15) is 0 Å². The minimum atomic E-state index is -0.808. The number of ether oxygens (including phenoxy) is 6. The van der Waals surface area contributed by atoms with Crippen molar-refractivity contribution in [1.82, 2.24) is 10.6 Å². The van der Waals surface area contributed by atoms with Crippen LogP contribution >= 0.6 is 0 Å². The number of nitrogens with one attached hydrogen (secondary N) is 2. The number of amides is 2. The lowest BCUT2D eigenvalue weighted by Gasteiger charge is -2.34. The van der Waals surface area contributed by atoms with Crippen LogP contribution in [-0.4, -0.2) is 74.8 Å². The van der Waals surface area contributed by atoms with Gasteiger partial charge in [-0.25, -0.2) is 19.2 Å². The minimum Gasteiger partial charge on any atom is -0.490 e. The summed E-state index contributed by atoms with van der Waals surface area (Å²) in [6.45, 7) is 23.0. The minimum absolute atomic E-state index is 0.00528. The fourth-order valence-corrected chi connectivity index (χ4v) is 7.56. The van der Waals surface area contributed by atoms with E-state index in [0.29, 0.717) is 23.3 Å². The van der Waals surface area contributed by atoms with E-state index in [9.17, 15) is 19.2 Å². The summed E-state index contributed by atoms with van der Waals surface area (Å²) < 4.78 is 33.9. The summed E-state index contributed by atoms with van der Waals surface area (Å²) in [7, 11) is 0. The monoisotopic (exact) mass is 847 g/mol. The fraction of sp³-hybridized carbons (Fsp3) is 0.592. The molecule has 2 aliphatic carbocycles. The van der Waals surface area contributed by atoms with Crippen molar-refractivity contribution in [3.8, 4) is 11.5 Å². The van der Waals surface area contributed by atoms with Gasteiger partial charge in [0.2, 0.25) is 0 Å². The molecular formula is C49H70N2O10. The molecule has 2 aromatic rings. The molecule has 0 spiro atoms. The van der Waals surface area contributed by atoms with E-state index in [0.717, 1.165) is 57.8 Å². The third-order valence-electron chi connectivity index (χ3n) is 11.4. The molecule has 0 aromatic heterocycles. The Morgan fingerprint density at radius 2 is 0.885 bits per heavy atom. The van der Waals surface area contributed by atoms with Crippen molar-refractivity contribution in [3.05, 3.63) is 84.0 Å². The second-order valence-electron chi connectivity index (χ2n) is 18.9. The smallest absolute Gasteiger partial charge is 0.407 e. The summed E-state index contributed by atoms with van der Waals surface area (Å²) >= 11 is 0. The summed E-state index contributed by atoms with van der Waals surface area (Å²) in [5.41, 5.74) is 2.87. The van der Waals surface area contributed by atoms with Crippen molar-refractivity contribution in [2.45, 2.75) is 148 Å². The Kier molecular flexibility index (Phi) is 18.1. The lowest BCUT2D eigenvalue weighted by molar-refractivity contribution is -0.143. The Labute approximate surface area is 363 Å². The van der Waals surface area contributed by atoms with Crippen LogP contribution in [0.2, 0.25) is 0 Å². The number of carbonyl (C=O) groups is 4. The Morgan fingerprint density at radius 1 is 0.557 bits per heavy atom. The summed E-state index contributed by atoms with van der Waals surface area (Å²) in [4.78, 5) is 50.3. The van der Waals surface area contributed by atoms with Crippen LogP contribution in [0.15, 0.2) is 72.8 Å². The molecule has 0 saturated heterocycles. The Hall–Kier alpha value is -5.00. The molecule has 4 rings (SSSR count). The van der Waals surface area contributed by atoms with Crippen LogP contribution in [0.25, 0.3) is 0 Å². The van der Waals surface area contributed by atoms with Gasteiger partial charge in [0.05, 0.1) is 0 Å². The molecule has 12 nitrogen and oxygen atoms in total. The van der Waals surface area contributed by atoms with Crippen molar-refractivity contribution < 1.29 is 47.6 Å². The van der Waals surface area contributed by atoms with Gasteiger partial charge in [0, 0.05) is 23.2 Å². The van der Waals surface area contributed by atoms with Crippen molar-refractivity contribution in [2.24, 2.45) is 11.8 Å². The molecular weight excluding hydrogens is 777 g/mol. The number of hydrogen-bond acceptors (Lipinski definition) is 10. The molecule has 12 heteroatoms. The molecule has 2 unspecified atom stereocenters. The topological polar surface area (TPSA) is 148 Å². The van der Waals surface area contributed by atoms with E-state index in [1.807, 2.05) is 48.5 Å². The lowest BCUT2D eigenvalue weighted by atomic mass is 9.76. The first kappa shape index (κ1) is 48.7. The van der Waals surface area contributed by atoms with Gasteiger partial charge in [0.25, 0.3) is 0 Å². The van der Waals surface area contributed by atoms with Gasteiger partial charge in [-0.3, -0.25) is 0 Å². The summed E-state index contributed by atoms with van der Waals surface area (Å²) in [6, 6.07) is 15.5. The van der Waals surface area contributed by atoms with Gasteiger partial charge in [-0.05, 0) is 130 Å². The van der Waals surface area contributed by atoms with E-state index in [-0.39, 0.29) is 60.5 Å². The van der Waals surface area contributed by atoms with Crippen molar-refractivity contribution in [3.63, 3.8) is 0 Å². The number of rotatable bonds is 18. The van der Waals surface area contributed by atoms with Crippen LogP contribution in [0.1, 0.15) is 124 Å². The zero-order valence-corrected chi connectivity index (χ0v) is 37.8. The van der Waals surface area contributed by atoms with Gasteiger partial charge in [0.15, 0.2) is 12.2 Å². The quantitative estimate of drug-likeness (QED) is 0.0844. The van der Waals surface area contributed by atoms with Crippen LogP contribution in [0.5, 0.6) is 11.5 Å². The molecule has 61 heavy (non-hydrogen) atoms. The molecule has 0 bridgehead atoms. The summed E-state index contributed by atoms with van der Waals surface area (Å²) in [5.74, 6) is 1.27. The molecule has 0 radical (unpaired) electrons. The highest BCUT2D eigenvalue weighted by molar-refractivity contribution is 5.87. The Balaban J connectivity index is 1.17. The van der Waals surface area contributed by atoms with Gasteiger partial charge >= 0.3 is 24.1 Å². The fourth-order valence-electron chi connectivity index (χ4n) is 7.56. The van der Waals surface area contributed by atoms with Crippen molar-refractivity contribution in [1.29, 1.82) is 0 Å². The predicted octanol–water partition coefficient (Wildman–Crippen LogP) is 9.68. The maximum Gasteiger partial charge on any atom is 0.407 e. The standard InChI is InChI=1S/C49H70N2O10/c1-32(2)44(52)58-30-42(28-56-40-23-15-36(16-24-40)48(5,6)7)60-46(54)50-38-19-11-34(12-20-38)27-35-13-21-39(22-14-35)51-47(55)61-43(31-59-45(53)33(3)4)29-57-41-25-17-37(18-26-41)49(8,9)10/h15-18,23-26,34-35,38-39,42-43H,1,3,11-14,19-22,27-31H2,2,4-10H3,(H,50,54)(H,51,55). The number of benzene rings is 2. The molecule has 2 fully saturated rings. The Bertz CT molecular complexity index is 1630. The highest BCUT2D eigenvalue weighted by Crippen LogP contribution is 2.36. The van der Waals surface area contributed by atoms with Crippen molar-refractivity contribution >= 4 is 24.1 Å². The molecule has 2 atom stereocenters. The number of esters is 2. The predicted molar refractivity (Wildman–Crippen MR) is 236 cm³/mol. The lowest BCUT2D eigenvalue weighted by Crippen LogP contribution is -2.42. The zero-order chi connectivity index (χ0) is 44.7. The van der Waals surface area contributed by atoms with E-state index in [1.165, 1.54) is 11.1 Å². The van der Waals surface area contributed by atoms with E-state index in [2.05, 4.69) is 65.3 Å². The third-order valence-corrected chi connectivity index (χ3v) is 11.4. The van der Waals surface area contributed by atoms with Crippen molar-refractivity contribution in [2.75, 3.05) is 26.4 Å². The number of carbonyl (C=O) groups excluding carboxylic acids is 4. The molecule has 2 N–H and O–H groups in total. The first-order valence-electron chi connectivity index (χ1n) is 21.8. The molecule has 0 aliphatic heterocycles. The van der Waals surface area contributed by atoms with Gasteiger partial charge in [-0.1, -0.05) is 79.0 Å². The first-order valence-corrected chi connectivity index (χ1v) is 21.8. The number of alkyl carbamates (subject to hydrolysis) is 2. The maximum absolute atomic E-state index is 13.0. The normalized spacial score (nSPS) is 20.2. The van der Waals surface area contributed by atoms with E-state index < -0.39 is 36.3 Å². The van der Waals surface area contributed by atoms with Crippen LogP contribution in [0, 0.1) is 11.8 Å². The zero-order valence-electron chi connectivity index (χ0n) is 37.8. The van der Waals surface area contributed by atoms with E-state index >= 15 is 0 Å². The molecule has 2 saturated carbocycles. The summed E-state index contributed by atoms with van der Waals surface area (Å²) in [5, 5.41) is 6.04. The van der Waals surface area contributed by atoms with Gasteiger partial charge in [-0.15, -0.1) is 0 Å². The van der Waals surface area contributed by atoms with E-state index in [1.54, 1.807) is 13.8 Å². The van der Waals surface area contributed by atoms with Gasteiger partial charge in [0.1, 0.15) is 37.9 Å². The molecule has 336 valence electrons. The van der Waals surface area contributed by atoms with Crippen LogP contribution in [-0.2, 0) is 39.4 Å². The third kappa shape index (κ3) is 17.1. The van der Waals surface area contributed by atoms with E-state index in [4.69, 9.17) is 28.4 Å². The van der Waals surface area contributed by atoms with Crippen LogP contribution in [0.3, 0.4) is 0 Å². The summed E-state index contributed by atoms with van der Waals surface area (Å²) in [6.07, 6.45) is 5.79. The highest BCUT2D eigenvalue weighted by atomic mass is 16.6. The average Bonchev–Trinajstić information content (AvgIpc) is 3.20. The Morgan fingerprint density at radius 3 is 1.18 bits per heavy atom.